The zero-order valence-electron chi connectivity index (χ0n) is 5.91. The fourth-order valence-electron chi connectivity index (χ4n) is 0.909. The third kappa shape index (κ3) is 1.86. The van der Waals surface area contributed by atoms with E-state index in [1.165, 1.54) is 0 Å². The summed E-state index contributed by atoms with van der Waals surface area (Å²) in [5.74, 6) is 0.933. The lowest BCUT2D eigenvalue weighted by atomic mass is 10.3. The molecule has 1 heterocycles. The molecule has 0 amide bonds. The Hall–Kier alpha value is -0.250. The Morgan fingerprint density at radius 1 is 1.45 bits per heavy atom. The van der Waals surface area contributed by atoms with Gasteiger partial charge in [0.1, 0.15) is 5.82 Å². The van der Waals surface area contributed by atoms with Crippen LogP contribution in [-0.2, 0) is 5.54 Å². The molecule has 2 rings (SSSR count). The van der Waals surface area contributed by atoms with Gasteiger partial charge in [-0.1, -0.05) is 0 Å². The van der Waals surface area contributed by atoms with Crippen molar-refractivity contribution in [3.63, 3.8) is 0 Å². The molecule has 64 valence electrons. The van der Waals surface area contributed by atoms with Crippen molar-refractivity contribution in [3.05, 3.63) is 18.2 Å². The van der Waals surface area contributed by atoms with Crippen molar-refractivity contribution in [3.8, 4) is 0 Å². The van der Waals surface area contributed by atoms with Gasteiger partial charge >= 0.3 is 0 Å². The molecular weight excluding hydrogens is 185 g/mol. The largest absolute Gasteiger partial charge is 0.347 e. The first-order valence-electron chi connectivity index (χ1n) is 3.10. The zero-order valence-corrected chi connectivity index (χ0v) is 7.54. The smallest absolute Gasteiger partial charge is 0.126 e. The van der Waals surface area contributed by atoms with Gasteiger partial charge in [-0.3, -0.25) is 0 Å². The van der Waals surface area contributed by atoms with E-state index in [0.717, 1.165) is 18.7 Å². The first-order chi connectivity index (χ1) is 4.31. The molecule has 0 aliphatic heterocycles. The first kappa shape index (κ1) is 10.8. The normalized spacial score (nSPS) is 17.9. The second-order valence-corrected chi connectivity index (χ2v) is 2.59. The number of aromatic amines is 1. The number of H-pyrrole nitrogens is 1. The maximum absolute atomic E-state index is 5.82. The quantitative estimate of drug-likeness (QED) is 0.708. The van der Waals surface area contributed by atoms with Crippen molar-refractivity contribution < 1.29 is 0 Å². The fraction of sp³-hybridized carbons (Fsp3) is 0.500. The second kappa shape index (κ2) is 3.43. The summed E-state index contributed by atoms with van der Waals surface area (Å²) in [6.45, 7) is 0. The van der Waals surface area contributed by atoms with Gasteiger partial charge in [-0.15, -0.1) is 24.8 Å². The van der Waals surface area contributed by atoms with Gasteiger partial charge in [0.05, 0.1) is 5.54 Å². The molecule has 1 fully saturated rings. The van der Waals surface area contributed by atoms with Gasteiger partial charge in [-0.05, 0) is 12.8 Å². The summed E-state index contributed by atoms with van der Waals surface area (Å²) in [6.07, 6.45) is 5.69. The number of nitrogens with two attached hydrogens (primary N) is 1. The highest BCUT2D eigenvalue weighted by Crippen LogP contribution is 2.40. The molecule has 0 saturated heterocycles. The van der Waals surface area contributed by atoms with E-state index >= 15 is 0 Å². The van der Waals surface area contributed by atoms with E-state index in [1.807, 2.05) is 6.20 Å². The van der Waals surface area contributed by atoms with Crippen molar-refractivity contribution >= 4 is 24.8 Å². The summed E-state index contributed by atoms with van der Waals surface area (Å²) < 4.78 is 0. The number of aromatic nitrogens is 2. The van der Waals surface area contributed by atoms with Gasteiger partial charge in [0.2, 0.25) is 0 Å². The topological polar surface area (TPSA) is 54.7 Å². The molecule has 3 nitrogen and oxygen atoms in total. The number of rotatable bonds is 1. The van der Waals surface area contributed by atoms with Gasteiger partial charge in [-0.2, -0.15) is 0 Å². The molecule has 5 heteroatoms. The summed E-state index contributed by atoms with van der Waals surface area (Å²) in [5.41, 5.74) is 5.72. The number of nitrogens with one attached hydrogen (secondary N) is 1. The van der Waals surface area contributed by atoms with Crippen LogP contribution in [0.5, 0.6) is 0 Å². The summed E-state index contributed by atoms with van der Waals surface area (Å²) in [6, 6.07) is 0. The highest BCUT2D eigenvalue weighted by atomic mass is 35.5. The van der Waals surface area contributed by atoms with E-state index in [1.54, 1.807) is 6.20 Å². The predicted octanol–water partition coefficient (Wildman–Crippen LogP) is 1.20. The standard InChI is InChI=1S/C6H9N3.2ClH/c7-6(1-2-6)5-8-3-4-9-5;;/h3-4H,1-2,7H2,(H,8,9);2*1H. The summed E-state index contributed by atoms with van der Waals surface area (Å²) in [5, 5.41) is 0. The molecule has 1 saturated carbocycles. The Morgan fingerprint density at radius 3 is 2.45 bits per heavy atom. The van der Waals surface area contributed by atoms with Crippen molar-refractivity contribution in [2.75, 3.05) is 0 Å². The van der Waals surface area contributed by atoms with Crippen LogP contribution in [0.25, 0.3) is 0 Å². The van der Waals surface area contributed by atoms with Gasteiger partial charge in [0, 0.05) is 12.4 Å². The monoisotopic (exact) mass is 195 g/mol. The number of imidazole rings is 1. The van der Waals surface area contributed by atoms with E-state index in [2.05, 4.69) is 9.97 Å². The maximum atomic E-state index is 5.82. The first-order valence-corrected chi connectivity index (χ1v) is 3.10. The number of halogens is 2. The zero-order chi connectivity index (χ0) is 6.32. The van der Waals surface area contributed by atoms with Gasteiger partial charge < -0.3 is 10.7 Å². The number of nitrogens with zero attached hydrogens (tertiary/aromatic N) is 1. The molecule has 0 aromatic carbocycles. The van der Waals surface area contributed by atoms with Crippen LogP contribution in [0.15, 0.2) is 12.4 Å². The summed E-state index contributed by atoms with van der Waals surface area (Å²) in [7, 11) is 0. The SMILES string of the molecule is Cl.Cl.NC1(c2ncc[nH]2)CC1. The Balaban J connectivity index is 0.000000500. The lowest BCUT2D eigenvalue weighted by molar-refractivity contribution is 0.685. The van der Waals surface area contributed by atoms with Crippen LogP contribution >= 0.6 is 24.8 Å². The molecule has 1 aromatic heterocycles. The minimum atomic E-state index is -0.0938. The number of hydrogen-bond donors (Lipinski definition) is 2. The third-order valence-electron chi connectivity index (χ3n) is 1.76. The third-order valence-corrected chi connectivity index (χ3v) is 1.76. The van der Waals surface area contributed by atoms with Crippen molar-refractivity contribution in [2.24, 2.45) is 5.73 Å². The van der Waals surface area contributed by atoms with Gasteiger partial charge in [-0.25, -0.2) is 4.98 Å². The molecule has 0 atom stereocenters. The molecule has 0 bridgehead atoms. The molecule has 0 radical (unpaired) electrons. The lowest BCUT2D eigenvalue weighted by Crippen LogP contribution is -2.20. The van der Waals surface area contributed by atoms with Crippen LogP contribution in [0.3, 0.4) is 0 Å². The molecule has 0 unspecified atom stereocenters. The van der Waals surface area contributed by atoms with Gasteiger partial charge in [0.25, 0.3) is 0 Å². The molecule has 0 spiro atoms. The van der Waals surface area contributed by atoms with E-state index in [4.69, 9.17) is 5.73 Å². The molecular formula is C6H11Cl2N3. The summed E-state index contributed by atoms with van der Waals surface area (Å²) >= 11 is 0. The van der Waals surface area contributed by atoms with E-state index in [9.17, 15) is 0 Å². The van der Waals surface area contributed by atoms with Gasteiger partial charge in [0.15, 0.2) is 0 Å². The average molecular weight is 196 g/mol. The van der Waals surface area contributed by atoms with Crippen molar-refractivity contribution in [1.82, 2.24) is 9.97 Å². The van der Waals surface area contributed by atoms with Crippen LogP contribution in [-0.4, -0.2) is 9.97 Å². The van der Waals surface area contributed by atoms with Crippen molar-refractivity contribution in [2.45, 2.75) is 18.4 Å². The van der Waals surface area contributed by atoms with E-state index < -0.39 is 0 Å². The summed E-state index contributed by atoms with van der Waals surface area (Å²) in [4.78, 5) is 7.07. The Labute approximate surface area is 77.6 Å². The predicted molar refractivity (Wildman–Crippen MR) is 48.2 cm³/mol. The number of hydrogen-bond acceptors (Lipinski definition) is 2. The second-order valence-electron chi connectivity index (χ2n) is 2.59. The lowest BCUT2D eigenvalue weighted by Gasteiger charge is -2.00. The molecule has 1 aliphatic rings. The van der Waals surface area contributed by atoms with Crippen LogP contribution in [0.1, 0.15) is 18.7 Å². The minimum Gasteiger partial charge on any atom is -0.347 e. The Morgan fingerprint density at radius 2 is 2.09 bits per heavy atom. The van der Waals surface area contributed by atoms with Crippen LogP contribution < -0.4 is 5.73 Å². The Kier molecular flexibility index (Phi) is 3.35. The fourth-order valence-corrected chi connectivity index (χ4v) is 0.909. The molecule has 1 aromatic rings. The highest BCUT2D eigenvalue weighted by Gasteiger charge is 2.42. The van der Waals surface area contributed by atoms with Crippen molar-refractivity contribution in [1.29, 1.82) is 0 Å². The molecule has 3 N–H and O–H groups in total. The molecule has 1 aliphatic carbocycles. The average Bonchev–Trinajstić information content (AvgIpc) is 2.46. The van der Waals surface area contributed by atoms with Crippen LogP contribution in [0, 0.1) is 0 Å². The van der Waals surface area contributed by atoms with Crippen LogP contribution in [0.4, 0.5) is 0 Å². The maximum Gasteiger partial charge on any atom is 0.126 e. The van der Waals surface area contributed by atoms with E-state index in [0.29, 0.717) is 0 Å². The van der Waals surface area contributed by atoms with E-state index in [-0.39, 0.29) is 30.4 Å². The molecule has 11 heavy (non-hydrogen) atoms. The van der Waals surface area contributed by atoms with Crippen LogP contribution in [0.2, 0.25) is 0 Å². The minimum absolute atomic E-state index is 0. The Bertz CT molecular complexity index is 206. The highest BCUT2D eigenvalue weighted by molar-refractivity contribution is 5.85.